The SMILES string of the molecule is Cc1ccc2[nH]c3c(-c4cc(Cl)cc(Cl)c4)cc(C)cc3c2c1. The van der Waals surface area contributed by atoms with Gasteiger partial charge in [-0.1, -0.05) is 34.8 Å². The van der Waals surface area contributed by atoms with Gasteiger partial charge in [0.1, 0.15) is 0 Å². The van der Waals surface area contributed by atoms with Gasteiger partial charge in [0.25, 0.3) is 0 Å². The van der Waals surface area contributed by atoms with E-state index in [0.717, 1.165) is 22.2 Å². The first-order valence-corrected chi connectivity index (χ1v) is 8.26. The van der Waals surface area contributed by atoms with Gasteiger partial charge >= 0.3 is 0 Å². The lowest BCUT2D eigenvalue weighted by atomic mass is 9.99. The molecule has 0 saturated carbocycles. The number of fused-ring (bicyclic) bond motifs is 3. The smallest absolute Gasteiger partial charge is 0.0544 e. The summed E-state index contributed by atoms with van der Waals surface area (Å²) < 4.78 is 0. The maximum atomic E-state index is 6.20. The minimum Gasteiger partial charge on any atom is -0.354 e. The Balaban J connectivity index is 2.12. The minimum absolute atomic E-state index is 0.647. The number of benzene rings is 3. The fraction of sp³-hybridized carbons (Fsp3) is 0.100. The molecule has 3 aromatic carbocycles. The summed E-state index contributed by atoms with van der Waals surface area (Å²) in [6.45, 7) is 4.23. The van der Waals surface area contributed by atoms with E-state index in [-0.39, 0.29) is 0 Å². The minimum atomic E-state index is 0.647. The maximum absolute atomic E-state index is 6.20. The van der Waals surface area contributed by atoms with Crippen LogP contribution in [0.4, 0.5) is 0 Å². The summed E-state index contributed by atoms with van der Waals surface area (Å²) in [7, 11) is 0. The van der Waals surface area contributed by atoms with Crippen molar-refractivity contribution in [3.63, 3.8) is 0 Å². The van der Waals surface area contributed by atoms with Gasteiger partial charge < -0.3 is 4.98 Å². The summed E-state index contributed by atoms with van der Waals surface area (Å²) in [4.78, 5) is 3.55. The van der Waals surface area contributed by atoms with Crippen molar-refractivity contribution in [1.29, 1.82) is 0 Å². The van der Waals surface area contributed by atoms with Crippen molar-refractivity contribution in [3.8, 4) is 11.1 Å². The number of aromatic nitrogens is 1. The fourth-order valence-electron chi connectivity index (χ4n) is 3.20. The number of hydrogen-bond acceptors (Lipinski definition) is 0. The summed E-state index contributed by atoms with van der Waals surface area (Å²) in [5.74, 6) is 0. The van der Waals surface area contributed by atoms with E-state index in [1.165, 1.54) is 21.9 Å². The second-order valence-electron chi connectivity index (χ2n) is 6.07. The van der Waals surface area contributed by atoms with Gasteiger partial charge in [-0.2, -0.15) is 0 Å². The topological polar surface area (TPSA) is 15.8 Å². The number of halogens is 2. The number of H-pyrrole nitrogens is 1. The van der Waals surface area contributed by atoms with Crippen LogP contribution >= 0.6 is 23.2 Å². The van der Waals surface area contributed by atoms with Crippen LogP contribution in [0.15, 0.2) is 48.5 Å². The molecule has 23 heavy (non-hydrogen) atoms. The van der Waals surface area contributed by atoms with E-state index in [2.05, 4.69) is 49.2 Å². The standard InChI is InChI=1S/C20H15Cl2N/c1-11-3-4-19-17(5-11)18-7-12(2)6-16(20(18)23-19)13-8-14(21)10-15(22)9-13/h3-10,23H,1-2H3. The number of hydrogen-bond donors (Lipinski definition) is 1. The Kier molecular flexibility index (Phi) is 3.37. The molecule has 0 fully saturated rings. The molecule has 1 heterocycles. The van der Waals surface area contributed by atoms with Crippen LogP contribution in [0.3, 0.4) is 0 Å². The maximum Gasteiger partial charge on any atom is 0.0544 e. The molecule has 0 amide bonds. The van der Waals surface area contributed by atoms with Gasteiger partial charge in [-0.3, -0.25) is 0 Å². The molecule has 0 aliphatic carbocycles. The van der Waals surface area contributed by atoms with Crippen molar-refractivity contribution in [1.82, 2.24) is 4.98 Å². The highest BCUT2D eigenvalue weighted by Crippen LogP contribution is 2.36. The Morgan fingerprint density at radius 2 is 1.43 bits per heavy atom. The van der Waals surface area contributed by atoms with Gasteiger partial charge in [0.05, 0.1) is 5.52 Å². The van der Waals surface area contributed by atoms with Crippen molar-refractivity contribution in [2.24, 2.45) is 0 Å². The fourth-order valence-corrected chi connectivity index (χ4v) is 3.72. The van der Waals surface area contributed by atoms with Gasteiger partial charge in [0.15, 0.2) is 0 Å². The average Bonchev–Trinajstić information content (AvgIpc) is 2.83. The van der Waals surface area contributed by atoms with Crippen LogP contribution in [0.25, 0.3) is 32.9 Å². The monoisotopic (exact) mass is 339 g/mol. The predicted molar refractivity (Wildman–Crippen MR) is 101 cm³/mol. The summed E-state index contributed by atoms with van der Waals surface area (Å²) in [5.41, 5.74) is 6.89. The highest BCUT2D eigenvalue weighted by atomic mass is 35.5. The number of rotatable bonds is 1. The van der Waals surface area contributed by atoms with E-state index >= 15 is 0 Å². The van der Waals surface area contributed by atoms with E-state index in [1.807, 2.05) is 12.1 Å². The summed E-state index contributed by atoms with van der Waals surface area (Å²) in [6.07, 6.45) is 0. The molecule has 0 aliphatic heterocycles. The molecule has 4 rings (SSSR count). The molecule has 1 aromatic heterocycles. The summed E-state index contributed by atoms with van der Waals surface area (Å²) in [5, 5.41) is 3.77. The molecule has 0 bridgehead atoms. The van der Waals surface area contributed by atoms with Crippen molar-refractivity contribution in [3.05, 3.63) is 69.7 Å². The molecule has 1 nitrogen and oxygen atoms in total. The highest BCUT2D eigenvalue weighted by molar-refractivity contribution is 6.35. The van der Waals surface area contributed by atoms with Crippen LogP contribution < -0.4 is 0 Å². The van der Waals surface area contributed by atoms with Gasteiger partial charge in [-0.15, -0.1) is 0 Å². The quantitative estimate of drug-likeness (QED) is 0.387. The molecule has 4 aromatic rings. The van der Waals surface area contributed by atoms with Crippen molar-refractivity contribution in [2.45, 2.75) is 13.8 Å². The van der Waals surface area contributed by atoms with Gasteiger partial charge in [-0.05, 0) is 67.4 Å². The molecule has 1 N–H and O–H groups in total. The Bertz CT molecular complexity index is 1040. The third-order valence-electron chi connectivity index (χ3n) is 4.18. The molecule has 114 valence electrons. The number of aromatic amines is 1. The van der Waals surface area contributed by atoms with Gasteiger partial charge in [-0.25, -0.2) is 0 Å². The zero-order valence-corrected chi connectivity index (χ0v) is 14.4. The number of nitrogens with one attached hydrogen (secondary N) is 1. The van der Waals surface area contributed by atoms with Crippen LogP contribution in [0.1, 0.15) is 11.1 Å². The average molecular weight is 340 g/mol. The van der Waals surface area contributed by atoms with Crippen LogP contribution in [-0.2, 0) is 0 Å². The van der Waals surface area contributed by atoms with Gasteiger partial charge in [0.2, 0.25) is 0 Å². The lowest BCUT2D eigenvalue weighted by molar-refractivity contribution is 1.47. The highest BCUT2D eigenvalue weighted by Gasteiger charge is 2.12. The lowest BCUT2D eigenvalue weighted by Crippen LogP contribution is -1.84. The molecule has 0 radical (unpaired) electrons. The second kappa shape index (κ2) is 5.30. The van der Waals surface area contributed by atoms with Gasteiger partial charge in [0, 0.05) is 31.9 Å². The Hall–Kier alpha value is -1.96. The summed E-state index contributed by atoms with van der Waals surface area (Å²) in [6, 6.07) is 16.6. The van der Waals surface area contributed by atoms with Crippen molar-refractivity contribution in [2.75, 3.05) is 0 Å². The largest absolute Gasteiger partial charge is 0.354 e. The van der Waals surface area contributed by atoms with E-state index in [9.17, 15) is 0 Å². The molecule has 0 saturated heterocycles. The molecular formula is C20H15Cl2N. The number of aryl methyl sites for hydroxylation is 2. The van der Waals surface area contributed by atoms with E-state index in [1.54, 1.807) is 6.07 Å². The lowest BCUT2D eigenvalue weighted by Gasteiger charge is -2.07. The molecular weight excluding hydrogens is 325 g/mol. The third-order valence-corrected chi connectivity index (χ3v) is 4.62. The first kappa shape index (κ1) is 14.6. The van der Waals surface area contributed by atoms with E-state index in [4.69, 9.17) is 23.2 Å². The van der Waals surface area contributed by atoms with Crippen LogP contribution in [0.5, 0.6) is 0 Å². The van der Waals surface area contributed by atoms with Crippen LogP contribution in [0, 0.1) is 13.8 Å². The summed E-state index contributed by atoms with van der Waals surface area (Å²) >= 11 is 12.4. The Labute approximate surface area is 144 Å². The molecule has 0 spiro atoms. The Morgan fingerprint density at radius 3 is 2.17 bits per heavy atom. The van der Waals surface area contributed by atoms with E-state index < -0.39 is 0 Å². The predicted octanol–water partition coefficient (Wildman–Crippen LogP) is 6.91. The zero-order valence-electron chi connectivity index (χ0n) is 12.9. The zero-order chi connectivity index (χ0) is 16.1. The molecule has 0 unspecified atom stereocenters. The van der Waals surface area contributed by atoms with Crippen LogP contribution in [-0.4, -0.2) is 4.98 Å². The van der Waals surface area contributed by atoms with Crippen LogP contribution in [0.2, 0.25) is 10.0 Å². The van der Waals surface area contributed by atoms with Crippen molar-refractivity contribution >= 4 is 45.0 Å². The Morgan fingerprint density at radius 1 is 0.739 bits per heavy atom. The third kappa shape index (κ3) is 2.50. The molecule has 0 atom stereocenters. The normalized spacial score (nSPS) is 11.5. The first-order chi connectivity index (χ1) is 11.0. The van der Waals surface area contributed by atoms with E-state index in [0.29, 0.717) is 10.0 Å². The van der Waals surface area contributed by atoms with Crippen molar-refractivity contribution < 1.29 is 0 Å². The molecule has 0 aliphatic rings. The molecule has 3 heteroatoms. The first-order valence-electron chi connectivity index (χ1n) is 7.50. The second-order valence-corrected chi connectivity index (χ2v) is 6.94.